The van der Waals surface area contributed by atoms with Crippen molar-refractivity contribution in [1.29, 1.82) is 0 Å². The van der Waals surface area contributed by atoms with Crippen LogP contribution >= 0.6 is 0 Å². The molecule has 2 aromatic rings. The van der Waals surface area contributed by atoms with Crippen LogP contribution in [-0.2, 0) is 4.79 Å². The first-order valence-electron chi connectivity index (χ1n) is 7.26. The van der Waals surface area contributed by atoms with Crippen LogP contribution in [0.4, 0.5) is 0 Å². The normalized spacial score (nSPS) is 10.5. The van der Waals surface area contributed by atoms with E-state index in [2.05, 4.69) is 10.5 Å². The smallest absolute Gasteiger partial charge is 0.343 e. The van der Waals surface area contributed by atoms with Crippen LogP contribution in [0, 0.1) is 6.92 Å². The summed E-state index contributed by atoms with van der Waals surface area (Å²) in [5, 5.41) is 3.78. The molecule has 1 amide bonds. The molecule has 0 unspecified atom stereocenters. The Labute approximate surface area is 140 Å². The number of hydrazone groups is 1. The standard InChI is InChI=1S/C18H18N2O4/c1-12-4-7-15(8-5-12)18(22)24-16-9-6-14(10-17(16)23-3)11-19-20-13(2)21/h4-11H,1-3H3,(H,20,21)/b19-11+. The van der Waals surface area contributed by atoms with Gasteiger partial charge in [-0.3, -0.25) is 4.79 Å². The number of methoxy groups -OCH3 is 1. The first kappa shape index (κ1) is 17.2. The highest BCUT2D eigenvalue weighted by atomic mass is 16.6. The number of hydrogen-bond acceptors (Lipinski definition) is 5. The van der Waals surface area contributed by atoms with Crippen LogP contribution in [0.1, 0.15) is 28.4 Å². The first-order valence-corrected chi connectivity index (χ1v) is 7.26. The summed E-state index contributed by atoms with van der Waals surface area (Å²) in [6.07, 6.45) is 1.47. The molecule has 0 aliphatic carbocycles. The zero-order chi connectivity index (χ0) is 17.5. The lowest BCUT2D eigenvalue weighted by Crippen LogP contribution is -2.12. The van der Waals surface area contributed by atoms with Gasteiger partial charge < -0.3 is 9.47 Å². The fraction of sp³-hybridized carbons (Fsp3) is 0.167. The molecule has 0 bridgehead atoms. The Morgan fingerprint density at radius 2 is 1.79 bits per heavy atom. The number of benzene rings is 2. The van der Waals surface area contributed by atoms with Crippen molar-refractivity contribution in [3.63, 3.8) is 0 Å². The number of rotatable bonds is 5. The Morgan fingerprint density at radius 1 is 1.08 bits per heavy atom. The Morgan fingerprint density at radius 3 is 2.42 bits per heavy atom. The van der Waals surface area contributed by atoms with Gasteiger partial charge >= 0.3 is 5.97 Å². The van der Waals surface area contributed by atoms with E-state index in [1.54, 1.807) is 30.3 Å². The van der Waals surface area contributed by atoms with Crippen molar-refractivity contribution in [2.75, 3.05) is 7.11 Å². The zero-order valence-electron chi connectivity index (χ0n) is 13.7. The van der Waals surface area contributed by atoms with Crippen LogP contribution in [-0.4, -0.2) is 25.2 Å². The van der Waals surface area contributed by atoms with E-state index in [0.29, 0.717) is 22.6 Å². The molecule has 0 spiro atoms. The van der Waals surface area contributed by atoms with Gasteiger partial charge in [-0.15, -0.1) is 0 Å². The molecular weight excluding hydrogens is 308 g/mol. The molecule has 0 atom stereocenters. The fourth-order valence-corrected chi connectivity index (χ4v) is 1.89. The third-order valence-electron chi connectivity index (χ3n) is 3.11. The number of amides is 1. The van der Waals surface area contributed by atoms with Gasteiger partial charge in [0.1, 0.15) is 0 Å². The molecule has 0 aliphatic rings. The van der Waals surface area contributed by atoms with Crippen molar-refractivity contribution in [2.45, 2.75) is 13.8 Å². The van der Waals surface area contributed by atoms with Crippen molar-refractivity contribution in [2.24, 2.45) is 5.10 Å². The number of esters is 1. The lowest BCUT2D eigenvalue weighted by atomic mass is 10.1. The highest BCUT2D eigenvalue weighted by Crippen LogP contribution is 2.28. The van der Waals surface area contributed by atoms with Gasteiger partial charge in [-0.2, -0.15) is 5.10 Å². The summed E-state index contributed by atoms with van der Waals surface area (Å²) in [7, 11) is 1.48. The highest BCUT2D eigenvalue weighted by molar-refractivity contribution is 5.91. The van der Waals surface area contributed by atoms with Crippen LogP contribution in [0.15, 0.2) is 47.6 Å². The summed E-state index contributed by atoms with van der Waals surface area (Å²) in [6, 6.07) is 12.1. The van der Waals surface area contributed by atoms with Gasteiger partial charge in [0, 0.05) is 6.92 Å². The van der Waals surface area contributed by atoms with Crippen LogP contribution in [0.25, 0.3) is 0 Å². The average Bonchev–Trinajstić information content (AvgIpc) is 2.56. The molecule has 0 aromatic heterocycles. The number of carbonyl (C=O) groups excluding carboxylic acids is 2. The van der Waals surface area contributed by atoms with E-state index in [0.717, 1.165) is 5.56 Å². The largest absolute Gasteiger partial charge is 0.493 e. The van der Waals surface area contributed by atoms with Gasteiger partial charge in [0.05, 0.1) is 18.9 Å². The lowest BCUT2D eigenvalue weighted by molar-refractivity contribution is -0.118. The molecule has 2 aromatic carbocycles. The summed E-state index contributed by atoms with van der Waals surface area (Å²) in [5.41, 5.74) is 4.52. The number of ether oxygens (including phenoxy) is 2. The summed E-state index contributed by atoms with van der Waals surface area (Å²) < 4.78 is 10.6. The van der Waals surface area contributed by atoms with Crippen LogP contribution in [0.2, 0.25) is 0 Å². The van der Waals surface area contributed by atoms with Crippen molar-refractivity contribution >= 4 is 18.1 Å². The minimum Gasteiger partial charge on any atom is -0.493 e. The van der Waals surface area contributed by atoms with E-state index >= 15 is 0 Å². The summed E-state index contributed by atoms with van der Waals surface area (Å²) in [6.45, 7) is 3.31. The maximum Gasteiger partial charge on any atom is 0.343 e. The Bertz CT molecular complexity index is 767. The van der Waals surface area contributed by atoms with Crippen LogP contribution < -0.4 is 14.9 Å². The van der Waals surface area contributed by atoms with E-state index in [-0.39, 0.29) is 5.91 Å². The summed E-state index contributed by atoms with van der Waals surface area (Å²) in [5.74, 6) is -0.0307. The molecule has 0 radical (unpaired) electrons. The molecule has 24 heavy (non-hydrogen) atoms. The topological polar surface area (TPSA) is 77.0 Å². The summed E-state index contributed by atoms with van der Waals surface area (Å²) >= 11 is 0. The van der Waals surface area contributed by atoms with Crippen molar-refractivity contribution < 1.29 is 19.1 Å². The van der Waals surface area contributed by atoms with E-state index in [1.165, 1.54) is 20.2 Å². The number of hydrogen-bond donors (Lipinski definition) is 1. The molecule has 6 nitrogen and oxygen atoms in total. The number of carbonyl (C=O) groups is 2. The molecule has 2 rings (SSSR count). The van der Waals surface area contributed by atoms with E-state index in [9.17, 15) is 9.59 Å². The second-order valence-electron chi connectivity index (χ2n) is 5.09. The lowest BCUT2D eigenvalue weighted by Gasteiger charge is -2.10. The Hall–Kier alpha value is -3.15. The molecule has 0 heterocycles. The number of nitrogens with one attached hydrogen (secondary N) is 1. The molecule has 1 N–H and O–H groups in total. The van der Waals surface area contributed by atoms with Gasteiger partial charge in [-0.25, -0.2) is 10.2 Å². The third-order valence-corrected chi connectivity index (χ3v) is 3.11. The molecule has 124 valence electrons. The van der Waals surface area contributed by atoms with E-state index in [4.69, 9.17) is 9.47 Å². The van der Waals surface area contributed by atoms with E-state index in [1.807, 2.05) is 19.1 Å². The second-order valence-corrected chi connectivity index (χ2v) is 5.09. The fourth-order valence-electron chi connectivity index (χ4n) is 1.89. The van der Waals surface area contributed by atoms with Gasteiger partial charge in [0.25, 0.3) is 0 Å². The van der Waals surface area contributed by atoms with E-state index < -0.39 is 5.97 Å². The van der Waals surface area contributed by atoms with Crippen molar-refractivity contribution in [1.82, 2.24) is 5.43 Å². The van der Waals surface area contributed by atoms with Crippen LogP contribution in [0.3, 0.4) is 0 Å². The monoisotopic (exact) mass is 326 g/mol. The molecule has 0 saturated heterocycles. The third kappa shape index (κ3) is 4.67. The molecule has 0 fully saturated rings. The summed E-state index contributed by atoms with van der Waals surface area (Å²) in [4.78, 5) is 23.0. The number of aryl methyl sites for hydroxylation is 1. The molecular formula is C18H18N2O4. The average molecular weight is 326 g/mol. The Balaban J connectivity index is 2.15. The number of nitrogens with zero attached hydrogens (tertiary/aromatic N) is 1. The van der Waals surface area contributed by atoms with Gasteiger partial charge in [0.15, 0.2) is 11.5 Å². The van der Waals surface area contributed by atoms with Crippen molar-refractivity contribution in [3.05, 3.63) is 59.2 Å². The molecule has 0 aliphatic heterocycles. The minimum absolute atomic E-state index is 0.262. The first-order chi connectivity index (χ1) is 11.5. The van der Waals surface area contributed by atoms with Gasteiger partial charge in [0.2, 0.25) is 5.91 Å². The second kappa shape index (κ2) is 7.92. The molecule has 6 heteroatoms. The highest BCUT2D eigenvalue weighted by Gasteiger charge is 2.12. The maximum atomic E-state index is 12.2. The van der Waals surface area contributed by atoms with Crippen molar-refractivity contribution in [3.8, 4) is 11.5 Å². The van der Waals surface area contributed by atoms with Crippen LogP contribution in [0.5, 0.6) is 11.5 Å². The maximum absolute atomic E-state index is 12.2. The van der Waals surface area contributed by atoms with Gasteiger partial charge in [-0.05, 0) is 42.8 Å². The Kier molecular flexibility index (Phi) is 5.68. The predicted octanol–water partition coefficient (Wildman–Crippen LogP) is 2.69. The quantitative estimate of drug-likeness (QED) is 0.397. The zero-order valence-corrected chi connectivity index (χ0v) is 13.7. The molecule has 0 saturated carbocycles. The SMILES string of the molecule is COc1cc(/C=N/NC(C)=O)ccc1OC(=O)c1ccc(C)cc1. The van der Waals surface area contributed by atoms with Gasteiger partial charge in [-0.1, -0.05) is 17.7 Å². The minimum atomic E-state index is -0.465. The predicted molar refractivity (Wildman–Crippen MR) is 90.5 cm³/mol.